The second kappa shape index (κ2) is 4.91. The number of hydrogen-bond acceptors (Lipinski definition) is 3. The normalized spacial score (nSPS) is 22.5. The van der Waals surface area contributed by atoms with Crippen molar-refractivity contribution in [2.45, 2.75) is 25.9 Å². The Labute approximate surface area is 89.3 Å². The summed E-state index contributed by atoms with van der Waals surface area (Å²) < 4.78 is 5.66. The molecule has 1 aliphatic heterocycles. The Bertz CT molecular complexity index is 279. The Morgan fingerprint density at radius 2 is 2.57 bits per heavy atom. The van der Waals surface area contributed by atoms with Crippen LogP contribution in [-0.2, 0) is 11.2 Å². The number of morpholine rings is 1. The van der Waals surface area contributed by atoms with E-state index in [1.54, 1.807) is 0 Å². The van der Waals surface area contributed by atoms with E-state index in [0.717, 1.165) is 32.5 Å². The summed E-state index contributed by atoms with van der Waals surface area (Å²) >= 11 is 1.86. The van der Waals surface area contributed by atoms with Gasteiger partial charge in [-0.25, -0.2) is 0 Å². The molecule has 1 saturated heterocycles. The molecule has 0 spiro atoms. The molecule has 2 rings (SSSR count). The summed E-state index contributed by atoms with van der Waals surface area (Å²) in [6.07, 6.45) is 2.73. The van der Waals surface area contributed by atoms with Crippen molar-refractivity contribution in [1.82, 2.24) is 5.32 Å². The number of aryl methyl sites for hydroxylation is 2. The van der Waals surface area contributed by atoms with Crippen LogP contribution in [0.5, 0.6) is 0 Å². The van der Waals surface area contributed by atoms with Gasteiger partial charge in [0.2, 0.25) is 0 Å². The van der Waals surface area contributed by atoms with Crippen LogP contribution in [0.1, 0.15) is 16.9 Å². The van der Waals surface area contributed by atoms with Crippen LogP contribution in [-0.4, -0.2) is 25.8 Å². The van der Waals surface area contributed by atoms with Crippen LogP contribution in [0.15, 0.2) is 11.4 Å². The first-order chi connectivity index (χ1) is 6.86. The van der Waals surface area contributed by atoms with Gasteiger partial charge in [0, 0.05) is 18.0 Å². The van der Waals surface area contributed by atoms with Crippen LogP contribution in [0.3, 0.4) is 0 Å². The molecule has 14 heavy (non-hydrogen) atoms. The summed E-state index contributed by atoms with van der Waals surface area (Å²) in [6.45, 7) is 5.08. The quantitative estimate of drug-likeness (QED) is 0.825. The van der Waals surface area contributed by atoms with Gasteiger partial charge in [-0.15, -0.1) is 11.3 Å². The first-order valence-corrected chi connectivity index (χ1v) is 6.09. The lowest BCUT2D eigenvalue weighted by atomic mass is 10.1. The van der Waals surface area contributed by atoms with Crippen LogP contribution in [0, 0.1) is 6.92 Å². The molecule has 0 aromatic carbocycles. The van der Waals surface area contributed by atoms with Crippen molar-refractivity contribution in [3.8, 4) is 0 Å². The van der Waals surface area contributed by atoms with Crippen molar-refractivity contribution in [2.75, 3.05) is 19.7 Å². The van der Waals surface area contributed by atoms with Gasteiger partial charge >= 0.3 is 0 Å². The molecule has 2 nitrogen and oxygen atoms in total. The predicted octanol–water partition coefficient (Wildman–Crippen LogP) is 1.98. The molecule has 0 bridgehead atoms. The van der Waals surface area contributed by atoms with Crippen LogP contribution in [0.25, 0.3) is 0 Å². The molecule has 1 unspecified atom stereocenters. The van der Waals surface area contributed by atoms with Crippen LogP contribution < -0.4 is 5.32 Å². The van der Waals surface area contributed by atoms with Crippen LogP contribution in [0.4, 0.5) is 0 Å². The lowest BCUT2D eigenvalue weighted by Gasteiger charge is -2.23. The highest BCUT2D eigenvalue weighted by Crippen LogP contribution is 2.18. The summed E-state index contributed by atoms with van der Waals surface area (Å²) in [6, 6.07) is 2.19. The standard InChI is InChI=1S/C11H17NOS/c1-9-4-7-14-11(9)3-2-10-8-12-5-6-13-10/h4,7,10,12H,2-3,5-6,8H2,1H3. The largest absolute Gasteiger partial charge is 0.376 e. The van der Waals surface area contributed by atoms with E-state index in [1.165, 1.54) is 10.4 Å². The third-order valence-corrected chi connectivity index (χ3v) is 3.75. The fourth-order valence-corrected chi connectivity index (χ4v) is 2.68. The van der Waals surface area contributed by atoms with Gasteiger partial charge in [0.1, 0.15) is 0 Å². The molecule has 0 saturated carbocycles. The van der Waals surface area contributed by atoms with E-state index in [0.29, 0.717) is 6.10 Å². The Morgan fingerprint density at radius 1 is 1.64 bits per heavy atom. The summed E-state index contributed by atoms with van der Waals surface area (Å²) in [5.41, 5.74) is 1.43. The second-order valence-corrected chi connectivity index (χ2v) is 4.76. The minimum absolute atomic E-state index is 0.422. The Morgan fingerprint density at radius 3 is 3.21 bits per heavy atom. The van der Waals surface area contributed by atoms with Crippen molar-refractivity contribution in [2.24, 2.45) is 0 Å². The first-order valence-electron chi connectivity index (χ1n) is 5.21. The molecule has 0 radical (unpaired) electrons. The molecule has 0 amide bonds. The average Bonchev–Trinajstić information content (AvgIpc) is 2.63. The topological polar surface area (TPSA) is 21.3 Å². The van der Waals surface area contributed by atoms with E-state index in [2.05, 4.69) is 23.7 Å². The maximum Gasteiger partial charge on any atom is 0.0703 e. The molecule has 1 aromatic rings. The predicted molar refractivity (Wildman–Crippen MR) is 60.0 cm³/mol. The van der Waals surface area contributed by atoms with E-state index in [1.807, 2.05) is 11.3 Å². The zero-order chi connectivity index (χ0) is 9.80. The zero-order valence-corrected chi connectivity index (χ0v) is 9.40. The molecule has 3 heteroatoms. The second-order valence-electron chi connectivity index (χ2n) is 3.76. The minimum atomic E-state index is 0.422. The van der Waals surface area contributed by atoms with E-state index < -0.39 is 0 Å². The Hall–Kier alpha value is -0.380. The Balaban J connectivity index is 1.79. The molecule has 1 N–H and O–H groups in total. The monoisotopic (exact) mass is 211 g/mol. The molecule has 0 aliphatic carbocycles. The molecule has 78 valence electrons. The summed E-state index contributed by atoms with van der Waals surface area (Å²) in [5.74, 6) is 0. The van der Waals surface area contributed by atoms with Crippen LogP contribution >= 0.6 is 11.3 Å². The van der Waals surface area contributed by atoms with Crippen molar-refractivity contribution < 1.29 is 4.74 Å². The van der Waals surface area contributed by atoms with E-state index in [4.69, 9.17) is 4.74 Å². The molecule has 2 heterocycles. The summed E-state index contributed by atoms with van der Waals surface area (Å²) in [4.78, 5) is 1.51. The highest BCUT2D eigenvalue weighted by molar-refractivity contribution is 7.10. The molecule has 1 atom stereocenters. The number of thiophene rings is 1. The third-order valence-electron chi connectivity index (χ3n) is 2.67. The number of nitrogens with one attached hydrogen (secondary N) is 1. The van der Waals surface area contributed by atoms with E-state index in [-0.39, 0.29) is 0 Å². The number of rotatable bonds is 3. The smallest absolute Gasteiger partial charge is 0.0703 e. The van der Waals surface area contributed by atoms with Gasteiger partial charge in [-0.2, -0.15) is 0 Å². The fraction of sp³-hybridized carbons (Fsp3) is 0.636. The molecule has 1 fully saturated rings. The first kappa shape index (κ1) is 10.1. The van der Waals surface area contributed by atoms with E-state index in [9.17, 15) is 0 Å². The van der Waals surface area contributed by atoms with Crippen molar-refractivity contribution in [3.63, 3.8) is 0 Å². The van der Waals surface area contributed by atoms with Crippen LogP contribution in [0.2, 0.25) is 0 Å². The average molecular weight is 211 g/mol. The maximum atomic E-state index is 5.66. The highest BCUT2D eigenvalue weighted by atomic mass is 32.1. The minimum Gasteiger partial charge on any atom is -0.376 e. The molecular formula is C11H17NOS. The van der Waals surface area contributed by atoms with Gasteiger partial charge in [0.25, 0.3) is 0 Å². The molecular weight excluding hydrogens is 194 g/mol. The molecule has 1 aliphatic rings. The van der Waals surface area contributed by atoms with Crippen molar-refractivity contribution in [3.05, 3.63) is 21.9 Å². The SMILES string of the molecule is Cc1ccsc1CCC1CNCCO1. The highest BCUT2D eigenvalue weighted by Gasteiger charge is 2.13. The van der Waals surface area contributed by atoms with Gasteiger partial charge in [-0.3, -0.25) is 0 Å². The van der Waals surface area contributed by atoms with E-state index >= 15 is 0 Å². The molecule has 1 aromatic heterocycles. The number of ether oxygens (including phenoxy) is 1. The Kier molecular flexibility index (Phi) is 3.56. The van der Waals surface area contributed by atoms with Gasteiger partial charge < -0.3 is 10.1 Å². The third kappa shape index (κ3) is 2.56. The van der Waals surface area contributed by atoms with Gasteiger partial charge in [-0.05, 0) is 36.8 Å². The van der Waals surface area contributed by atoms with Gasteiger partial charge in [-0.1, -0.05) is 0 Å². The lowest BCUT2D eigenvalue weighted by molar-refractivity contribution is 0.0239. The van der Waals surface area contributed by atoms with Crippen molar-refractivity contribution in [1.29, 1.82) is 0 Å². The lowest BCUT2D eigenvalue weighted by Crippen LogP contribution is -2.38. The van der Waals surface area contributed by atoms with Crippen molar-refractivity contribution >= 4 is 11.3 Å². The fourth-order valence-electron chi connectivity index (χ4n) is 1.76. The summed E-state index contributed by atoms with van der Waals surface area (Å²) in [5, 5.41) is 5.53. The zero-order valence-electron chi connectivity index (χ0n) is 8.58. The summed E-state index contributed by atoms with van der Waals surface area (Å²) in [7, 11) is 0. The van der Waals surface area contributed by atoms with Gasteiger partial charge in [0.05, 0.1) is 12.7 Å². The maximum absolute atomic E-state index is 5.66. The van der Waals surface area contributed by atoms with Gasteiger partial charge in [0.15, 0.2) is 0 Å². The number of hydrogen-bond donors (Lipinski definition) is 1.